The maximum atomic E-state index is 8.92. The first-order chi connectivity index (χ1) is 6.15. The van der Waals surface area contributed by atoms with Crippen LogP contribution >= 0.6 is 0 Å². The Morgan fingerprint density at radius 3 is 2.46 bits per heavy atom. The van der Waals surface area contributed by atoms with E-state index in [4.69, 9.17) is 10.4 Å². The number of hydrogen-bond donors (Lipinski definition) is 2. The minimum absolute atomic E-state index is 0.192. The maximum absolute atomic E-state index is 8.92. The molecule has 3 atom stereocenters. The van der Waals surface area contributed by atoms with E-state index < -0.39 is 0 Å². The van der Waals surface area contributed by atoms with Gasteiger partial charge in [-0.15, -0.1) is 0 Å². The van der Waals surface area contributed by atoms with Gasteiger partial charge >= 0.3 is 0 Å². The Hall–Kier alpha value is -0.590. The Kier molecular flexibility index (Phi) is 6.56. The number of nitrogens with one attached hydrogen (secondary N) is 1. The van der Waals surface area contributed by atoms with Crippen molar-refractivity contribution in [1.29, 1.82) is 5.26 Å². The number of rotatable bonds is 6. The summed E-state index contributed by atoms with van der Waals surface area (Å²) in [6.07, 6.45) is 1.50. The van der Waals surface area contributed by atoms with Crippen LogP contribution < -0.4 is 5.32 Å². The lowest BCUT2D eigenvalue weighted by Crippen LogP contribution is -2.40. The van der Waals surface area contributed by atoms with E-state index in [2.05, 4.69) is 18.3 Å². The van der Waals surface area contributed by atoms with Gasteiger partial charge < -0.3 is 10.4 Å². The summed E-state index contributed by atoms with van der Waals surface area (Å²) in [5.41, 5.74) is 0. The maximum Gasteiger partial charge on any atom is 0.0638 e. The first-order valence-electron chi connectivity index (χ1n) is 4.89. The second-order valence-corrected chi connectivity index (χ2v) is 3.58. The average molecular weight is 184 g/mol. The van der Waals surface area contributed by atoms with Crippen LogP contribution in [0.2, 0.25) is 0 Å². The molecule has 0 saturated heterocycles. The quantitative estimate of drug-likeness (QED) is 0.654. The predicted octanol–water partition coefficient (Wildman–Crippen LogP) is 1.29. The van der Waals surface area contributed by atoms with E-state index in [0.29, 0.717) is 6.42 Å². The van der Waals surface area contributed by atoms with Crippen molar-refractivity contribution in [2.24, 2.45) is 5.92 Å². The molecule has 0 saturated carbocycles. The van der Waals surface area contributed by atoms with Gasteiger partial charge in [0.15, 0.2) is 0 Å². The minimum atomic E-state index is 0.192. The number of nitrogens with zero attached hydrogens (tertiary/aromatic N) is 1. The highest BCUT2D eigenvalue weighted by molar-refractivity contribution is 4.82. The zero-order chi connectivity index (χ0) is 10.3. The normalized spacial score (nSPS) is 17.5. The van der Waals surface area contributed by atoms with Crippen LogP contribution in [0.3, 0.4) is 0 Å². The van der Waals surface area contributed by atoms with Crippen LogP contribution in [0, 0.1) is 17.2 Å². The van der Waals surface area contributed by atoms with E-state index in [1.807, 2.05) is 13.8 Å². The second kappa shape index (κ2) is 6.88. The number of aliphatic hydroxyl groups excluding tert-OH is 1. The lowest BCUT2D eigenvalue weighted by atomic mass is 10.0. The monoisotopic (exact) mass is 184 g/mol. The molecular formula is C10H20N2O. The lowest BCUT2D eigenvalue weighted by molar-refractivity contribution is 0.200. The Balaban J connectivity index is 3.86. The van der Waals surface area contributed by atoms with Gasteiger partial charge in [-0.25, -0.2) is 0 Å². The summed E-state index contributed by atoms with van der Waals surface area (Å²) in [5, 5.41) is 20.8. The van der Waals surface area contributed by atoms with Crippen LogP contribution in [-0.4, -0.2) is 23.8 Å². The van der Waals surface area contributed by atoms with E-state index in [9.17, 15) is 0 Å². The standard InChI is InChI=1S/C10H20N2O/c1-4-10(5-6-11)12-9(3)8(2)7-13/h8-10,12-13H,4-5,7H2,1-3H3. The third-order valence-electron chi connectivity index (χ3n) is 2.47. The van der Waals surface area contributed by atoms with Crippen molar-refractivity contribution in [2.75, 3.05) is 6.61 Å². The summed E-state index contributed by atoms with van der Waals surface area (Å²) >= 11 is 0. The van der Waals surface area contributed by atoms with Crippen LogP contribution in [-0.2, 0) is 0 Å². The zero-order valence-electron chi connectivity index (χ0n) is 8.75. The molecular weight excluding hydrogens is 164 g/mol. The molecule has 0 rings (SSSR count). The first kappa shape index (κ1) is 12.4. The smallest absolute Gasteiger partial charge is 0.0638 e. The first-order valence-corrected chi connectivity index (χ1v) is 4.89. The van der Waals surface area contributed by atoms with E-state index in [0.717, 1.165) is 6.42 Å². The average Bonchev–Trinajstić information content (AvgIpc) is 2.15. The molecule has 0 aromatic carbocycles. The molecule has 0 amide bonds. The zero-order valence-corrected chi connectivity index (χ0v) is 8.75. The fourth-order valence-corrected chi connectivity index (χ4v) is 1.13. The molecule has 3 unspecified atom stereocenters. The molecule has 0 aromatic heterocycles. The summed E-state index contributed by atoms with van der Waals surface area (Å²) in [7, 11) is 0. The van der Waals surface area contributed by atoms with Crippen LogP contribution in [0.25, 0.3) is 0 Å². The van der Waals surface area contributed by atoms with Gasteiger partial charge in [-0.05, 0) is 19.3 Å². The summed E-state index contributed by atoms with van der Waals surface area (Å²) in [5.74, 6) is 0.243. The Morgan fingerprint density at radius 1 is 1.46 bits per heavy atom. The fraction of sp³-hybridized carbons (Fsp3) is 0.900. The largest absolute Gasteiger partial charge is 0.396 e. The molecule has 76 valence electrons. The van der Waals surface area contributed by atoms with Gasteiger partial charge in [-0.3, -0.25) is 0 Å². The number of nitriles is 1. The molecule has 3 heteroatoms. The molecule has 2 N–H and O–H groups in total. The van der Waals surface area contributed by atoms with Crippen LogP contribution in [0.1, 0.15) is 33.6 Å². The van der Waals surface area contributed by atoms with E-state index in [1.54, 1.807) is 0 Å². The van der Waals surface area contributed by atoms with Crippen LogP contribution in [0.15, 0.2) is 0 Å². The van der Waals surface area contributed by atoms with Crippen molar-refractivity contribution in [2.45, 2.75) is 45.7 Å². The topological polar surface area (TPSA) is 56.0 Å². The van der Waals surface area contributed by atoms with Crippen molar-refractivity contribution in [3.05, 3.63) is 0 Å². The molecule has 0 aliphatic heterocycles. The molecule has 0 aliphatic carbocycles. The fourth-order valence-electron chi connectivity index (χ4n) is 1.13. The third kappa shape index (κ3) is 4.87. The van der Waals surface area contributed by atoms with Gasteiger partial charge in [0.25, 0.3) is 0 Å². The van der Waals surface area contributed by atoms with Crippen molar-refractivity contribution in [3.8, 4) is 6.07 Å². The van der Waals surface area contributed by atoms with E-state index in [-0.39, 0.29) is 24.6 Å². The van der Waals surface area contributed by atoms with Crippen LogP contribution in [0.5, 0.6) is 0 Å². The van der Waals surface area contributed by atoms with Crippen LogP contribution in [0.4, 0.5) is 0 Å². The highest BCUT2D eigenvalue weighted by atomic mass is 16.3. The molecule has 0 aliphatic rings. The Bertz CT molecular complexity index is 165. The molecule has 13 heavy (non-hydrogen) atoms. The Morgan fingerprint density at radius 2 is 2.08 bits per heavy atom. The molecule has 0 fully saturated rings. The summed E-state index contributed by atoms with van der Waals surface area (Å²) in [6, 6.07) is 2.68. The predicted molar refractivity (Wildman–Crippen MR) is 53.2 cm³/mol. The second-order valence-electron chi connectivity index (χ2n) is 3.58. The molecule has 0 bridgehead atoms. The van der Waals surface area contributed by atoms with Gasteiger partial charge in [0.1, 0.15) is 0 Å². The van der Waals surface area contributed by atoms with Gasteiger partial charge in [-0.2, -0.15) is 5.26 Å². The van der Waals surface area contributed by atoms with Gasteiger partial charge in [-0.1, -0.05) is 13.8 Å². The molecule has 3 nitrogen and oxygen atoms in total. The van der Waals surface area contributed by atoms with Crippen molar-refractivity contribution >= 4 is 0 Å². The van der Waals surface area contributed by atoms with Crippen molar-refractivity contribution in [1.82, 2.24) is 5.32 Å². The summed E-state index contributed by atoms with van der Waals surface area (Å²) in [4.78, 5) is 0. The van der Waals surface area contributed by atoms with Gasteiger partial charge in [0, 0.05) is 18.7 Å². The Labute approximate surface area is 80.8 Å². The van der Waals surface area contributed by atoms with Crippen molar-refractivity contribution in [3.63, 3.8) is 0 Å². The lowest BCUT2D eigenvalue weighted by Gasteiger charge is -2.24. The minimum Gasteiger partial charge on any atom is -0.396 e. The molecule has 0 aromatic rings. The number of hydrogen-bond acceptors (Lipinski definition) is 3. The molecule has 0 heterocycles. The molecule has 0 spiro atoms. The van der Waals surface area contributed by atoms with Crippen molar-refractivity contribution < 1.29 is 5.11 Å². The number of aliphatic hydroxyl groups is 1. The highest BCUT2D eigenvalue weighted by Gasteiger charge is 2.14. The van der Waals surface area contributed by atoms with E-state index in [1.165, 1.54) is 0 Å². The third-order valence-corrected chi connectivity index (χ3v) is 2.47. The SMILES string of the molecule is CCC(CC#N)NC(C)C(C)CO. The highest BCUT2D eigenvalue weighted by Crippen LogP contribution is 2.05. The summed E-state index contributed by atoms with van der Waals surface area (Å²) in [6.45, 7) is 6.29. The van der Waals surface area contributed by atoms with Gasteiger partial charge in [0.05, 0.1) is 12.5 Å². The molecule has 0 radical (unpaired) electrons. The van der Waals surface area contributed by atoms with Gasteiger partial charge in [0.2, 0.25) is 0 Å². The van der Waals surface area contributed by atoms with E-state index >= 15 is 0 Å². The summed E-state index contributed by atoms with van der Waals surface area (Å²) < 4.78 is 0.